The first-order valence-electron chi connectivity index (χ1n) is 10.8. The van der Waals surface area contributed by atoms with Crippen molar-refractivity contribution in [3.8, 4) is 0 Å². The van der Waals surface area contributed by atoms with Gasteiger partial charge in [-0.15, -0.1) is 0 Å². The van der Waals surface area contributed by atoms with E-state index in [1.807, 2.05) is 12.1 Å². The molecule has 6 rings (SSSR count). The highest BCUT2D eigenvalue weighted by atomic mass is 16.2. The molecule has 27 heavy (non-hydrogen) atoms. The Hall–Kier alpha value is -1.84. The van der Waals surface area contributed by atoms with Crippen molar-refractivity contribution in [2.45, 2.75) is 70.1 Å². The first-order chi connectivity index (χ1) is 13.1. The van der Waals surface area contributed by atoms with Crippen molar-refractivity contribution >= 4 is 11.8 Å². The SMILES string of the molecule is O=C(CC12CC3CC(CC(C3)C1)C2)NNC(=O)C1CCCc2ccccc21. The summed E-state index contributed by atoms with van der Waals surface area (Å²) >= 11 is 0. The minimum absolute atomic E-state index is 0.00519. The molecule has 4 bridgehead atoms. The van der Waals surface area contributed by atoms with Crippen molar-refractivity contribution in [3.05, 3.63) is 35.4 Å². The van der Waals surface area contributed by atoms with E-state index < -0.39 is 0 Å². The van der Waals surface area contributed by atoms with Gasteiger partial charge in [-0.25, -0.2) is 0 Å². The number of nitrogens with one attached hydrogen (secondary N) is 2. The summed E-state index contributed by atoms with van der Waals surface area (Å²) in [6.45, 7) is 0. The molecule has 144 valence electrons. The zero-order valence-corrected chi connectivity index (χ0v) is 16.0. The summed E-state index contributed by atoms with van der Waals surface area (Å²) in [5.41, 5.74) is 8.08. The second-order valence-electron chi connectivity index (χ2n) is 9.78. The minimum Gasteiger partial charge on any atom is -0.273 e. The standard InChI is InChI=1S/C23H30N2O2/c26-21(14-23-11-15-8-16(12-23)10-17(9-15)13-23)24-25-22(27)20-7-3-5-18-4-1-2-6-19(18)20/h1-2,4,6,15-17,20H,3,5,7-14H2,(H,24,26)(H,25,27). The lowest BCUT2D eigenvalue weighted by Gasteiger charge is -2.56. The predicted octanol–water partition coefficient (Wildman–Crippen LogP) is 3.86. The van der Waals surface area contributed by atoms with Gasteiger partial charge in [0, 0.05) is 6.42 Å². The number of benzene rings is 1. The second-order valence-corrected chi connectivity index (χ2v) is 9.78. The van der Waals surface area contributed by atoms with Crippen LogP contribution in [-0.2, 0) is 16.0 Å². The minimum atomic E-state index is -0.144. The number of aryl methyl sites for hydroxylation is 1. The molecule has 4 fully saturated rings. The summed E-state index contributed by atoms with van der Waals surface area (Å²) in [6.07, 6.45) is 11.3. The lowest BCUT2D eigenvalue weighted by Crippen LogP contribution is -2.50. The van der Waals surface area contributed by atoms with Crippen LogP contribution in [0.1, 0.15) is 74.8 Å². The van der Waals surface area contributed by atoms with E-state index in [4.69, 9.17) is 0 Å². The maximum absolute atomic E-state index is 12.7. The number of hydrogen-bond donors (Lipinski definition) is 2. The van der Waals surface area contributed by atoms with Crippen LogP contribution in [-0.4, -0.2) is 11.8 Å². The number of rotatable bonds is 3. The Labute approximate surface area is 161 Å². The van der Waals surface area contributed by atoms with Crippen molar-refractivity contribution in [1.29, 1.82) is 0 Å². The Balaban J connectivity index is 1.19. The average Bonchev–Trinajstić information content (AvgIpc) is 2.64. The van der Waals surface area contributed by atoms with E-state index in [-0.39, 0.29) is 23.1 Å². The molecule has 0 aliphatic heterocycles. The van der Waals surface area contributed by atoms with Gasteiger partial charge in [0.1, 0.15) is 0 Å². The quantitative estimate of drug-likeness (QED) is 0.798. The molecule has 2 amide bonds. The van der Waals surface area contributed by atoms with E-state index in [9.17, 15) is 9.59 Å². The van der Waals surface area contributed by atoms with Gasteiger partial charge in [0.05, 0.1) is 5.92 Å². The fourth-order valence-corrected chi connectivity index (χ4v) is 7.14. The van der Waals surface area contributed by atoms with Gasteiger partial charge in [-0.1, -0.05) is 24.3 Å². The molecule has 0 saturated heterocycles. The summed E-state index contributed by atoms with van der Waals surface area (Å²) in [5, 5.41) is 0. The third-order valence-electron chi connectivity index (χ3n) is 7.71. The number of hydrogen-bond acceptors (Lipinski definition) is 2. The Kier molecular flexibility index (Phi) is 4.25. The first kappa shape index (κ1) is 17.3. The fraction of sp³-hybridized carbons (Fsp3) is 0.652. The molecule has 4 heteroatoms. The fourth-order valence-electron chi connectivity index (χ4n) is 7.14. The molecular formula is C23H30N2O2. The Morgan fingerprint density at radius 2 is 1.63 bits per heavy atom. The van der Waals surface area contributed by atoms with E-state index in [1.165, 1.54) is 44.1 Å². The topological polar surface area (TPSA) is 58.2 Å². The van der Waals surface area contributed by atoms with Crippen molar-refractivity contribution < 1.29 is 9.59 Å². The van der Waals surface area contributed by atoms with E-state index >= 15 is 0 Å². The number of carbonyl (C=O) groups is 2. The van der Waals surface area contributed by atoms with Gasteiger partial charge in [-0.3, -0.25) is 20.4 Å². The van der Waals surface area contributed by atoms with Gasteiger partial charge in [-0.2, -0.15) is 0 Å². The van der Waals surface area contributed by atoms with E-state index in [1.54, 1.807) is 0 Å². The predicted molar refractivity (Wildman–Crippen MR) is 104 cm³/mol. The second kappa shape index (κ2) is 6.65. The third kappa shape index (κ3) is 3.28. The summed E-state index contributed by atoms with van der Waals surface area (Å²) in [6, 6.07) is 8.19. The molecule has 0 heterocycles. The lowest BCUT2D eigenvalue weighted by atomic mass is 9.49. The van der Waals surface area contributed by atoms with Crippen LogP contribution in [0.2, 0.25) is 0 Å². The largest absolute Gasteiger partial charge is 0.273 e. The molecule has 1 unspecified atom stereocenters. The highest BCUT2D eigenvalue weighted by Gasteiger charge is 2.51. The highest BCUT2D eigenvalue weighted by Crippen LogP contribution is 2.61. The van der Waals surface area contributed by atoms with Crippen LogP contribution in [0.25, 0.3) is 0 Å². The van der Waals surface area contributed by atoms with Crippen LogP contribution in [0, 0.1) is 23.2 Å². The Morgan fingerprint density at radius 3 is 2.33 bits per heavy atom. The molecule has 4 saturated carbocycles. The zero-order valence-electron chi connectivity index (χ0n) is 16.0. The van der Waals surface area contributed by atoms with Crippen molar-refractivity contribution in [2.24, 2.45) is 23.2 Å². The van der Waals surface area contributed by atoms with Gasteiger partial charge in [0.15, 0.2) is 0 Å². The van der Waals surface area contributed by atoms with Gasteiger partial charge in [-0.05, 0) is 92.1 Å². The molecule has 5 aliphatic carbocycles. The normalized spacial score (nSPS) is 36.1. The smallest absolute Gasteiger partial charge is 0.245 e. The Bertz CT molecular complexity index is 721. The number of fused-ring (bicyclic) bond motifs is 1. The first-order valence-corrected chi connectivity index (χ1v) is 10.8. The number of amides is 2. The summed E-state index contributed by atoms with van der Waals surface area (Å²) < 4.78 is 0. The van der Waals surface area contributed by atoms with Crippen molar-refractivity contribution in [2.75, 3.05) is 0 Å². The van der Waals surface area contributed by atoms with E-state index in [2.05, 4.69) is 23.0 Å². The summed E-state index contributed by atoms with van der Waals surface area (Å²) in [5.74, 6) is 2.32. The van der Waals surface area contributed by atoms with Crippen LogP contribution in [0.15, 0.2) is 24.3 Å². The third-order valence-corrected chi connectivity index (χ3v) is 7.71. The molecule has 1 aromatic rings. The Morgan fingerprint density at radius 1 is 0.963 bits per heavy atom. The number of carbonyl (C=O) groups excluding carboxylic acids is 2. The van der Waals surface area contributed by atoms with Gasteiger partial charge in [0.2, 0.25) is 11.8 Å². The number of hydrazine groups is 1. The average molecular weight is 367 g/mol. The molecule has 2 N–H and O–H groups in total. The lowest BCUT2D eigenvalue weighted by molar-refractivity contribution is -0.134. The monoisotopic (exact) mass is 366 g/mol. The van der Waals surface area contributed by atoms with Crippen molar-refractivity contribution in [1.82, 2.24) is 10.9 Å². The summed E-state index contributed by atoms with van der Waals surface area (Å²) in [7, 11) is 0. The highest BCUT2D eigenvalue weighted by molar-refractivity contribution is 5.87. The van der Waals surface area contributed by atoms with Gasteiger partial charge >= 0.3 is 0 Å². The molecular weight excluding hydrogens is 336 g/mol. The van der Waals surface area contributed by atoms with E-state index in [0.29, 0.717) is 6.42 Å². The molecule has 1 atom stereocenters. The van der Waals surface area contributed by atoms with Crippen LogP contribution in [0.4, 0.5) is 0 Å². The van der Waals surface area contributed by atoms with Crippen LogP contribution < -0.4 is 10.9 Å². The molecule has 4 nitrogen and oxygen atoms in total. The van der Waals surface area contributed by atoms with Crippen LogP contribution >= 0.6 is 0 Å². The molecule has 0 radical (unpaired) electrons. The molecule has 1 aromatic carbocycles. The van der Waals surface area contributed by atoms with E-state index in [0.717, 1.165) is 42.6 Å². The van der Waals surface area contributed by atoms with Crippen LogP contribution in [0.3, 0.4) is 0 Å². The molecule has 0 aromatic heterocycles. The van der Waals surface area contributed by atoms with Crippen LogP contribution in [0.5, 0.6) is 0 Å². The van der Waals surface area contributed by atoms with Crippen molar-refractivity contribution in [3.63, 3.8) is 0 Å². The molecule has 0 spiro atoms. The summed E-state index contributed by atoms with van der Waals surface area (Å²) in [4.78, 5) is 25.3. The van der Waals surface area contributed by atoms with Gasteiger partial charge < -0.3 is 0 Å². The van der Waals surface area contributed by atoms with Gasteiger partial charge in [0.25, 0.3) is 0 Å². The molecule has 5 aliphatic rings. The maximum atomic E-state index is 12.7. The zero-order chi connectivity index (χ0) is 18.4. The maximum Gasteiger partial charge on any atom is 0.245 e.